The van der Waals surface area contributed by atoms with Crippen LogP contribution in [0.3, 0.4) is 0 Å². The molecule has 8 nitrogen and oxygen atoms in total. The Morgan fingerprint density at radius 1 is 1.03 bits per heavy atom. The Morgan fingerprint density at radius 2 is 1.75 bits per heavy atom. The maximum Gasteiger partial charge on any atom is 0.273 e. The molecule has 32 heavy (non-hydrogen) atoms. The molecule has 0 bridgehead atoms. The predicted molar refractivity (Wildman–Crippen MR) is 125 cm³/mol. The summed E-state index contributed by atoms with van der Waals surface area (Å²) in [6.07, 6.45) is -0.732. The molecule has 0 radical (unpaired) electrons. The monoisotopic (exact) mass is 477 g/mol. The lowest BCUT2D eigenvalue weighted by Crippen LogP contribution is -2.48. The van der Waals surface area contributed by atoms with Crippen molar-refractivity contribution in [2.45, 2.75) is 6.10 Å². The molecule has 1 aromatic heterocycles. The van der Waals surface area contributed by atoms with Gasteiger partial charge in [0.25, 0.3) is 5.91 Å². The summed E-state index contributed by atoms with van der Waals surface area (Å²) in [5, 5.41) is 0.617. The Balaban J connectivity index is 0.00000245. The lowest BCUT2D eigenvalue weighted by Gasteiger charge is -2.30. The maximum absolute atomic E-state index is 13.5. The largest absolute Gasteiger partial charge is 0.486 e. The zero-order valence-corrected chi connectivity index (χ0v) is 19.4. The van der Waals surface area contributed by atoms with Crippen molar-refractivity contribution in [3.05, 3.63) is 36.4 Å². The van der Waals surface area contributed by atoms with Crippen molar-refractivity contribution in [1.82, 2.24) is 9.88 Å². The van der Waals surface area contributed by atoms with E-state index in [0.717, 1.165) is 10.2 Å². The number of benzene rings is 2. The molecule has 0 aliphatic carbocycles. The number of ether oxygens (including phenoxy) is 4. The van der Waals surface area contributed by atoms with E-state index >= 15 is 0 Å². The van der Waals surface area contributed by atoms with Crippen LogP contribution in [0.25, 0.3) is 10.2 Å². The van der Waals surface area contributed by atoms with E-state index in [1.807, 2.05) is 49.3 Å². The second kappa shape index (κ2) is 9.40. The number of hydrogen-bond donors (Lipinski definition) is 0. The van der Waals surface area contributed by atoms with Gasteiger partial charge in [-0.2, -0.15) is 0 Å². The minimum absolute atomic E-state index is 0. The van der Waals surface area contributed by atoms with E-state index in [9.17, 15) is 4.79 Å². The number of hydrogen-bond acceptors (Lipinski definition) is 8. The summed E-state index contributed by atoms with van der Waals surface area (Å²) in [6.45, 7) is 2.38. The van der Waals surface area contributed by atoms with Gasteiger partial charge >= 0.3 is 0 Å². The van der Waals surface area contributed by atoms with Gasteiger partial charge in [0.2, 0.25) is 6.10 Å². The third-order valence-corrected chi connectivity index (χ3v) is 6.13. The summed E-state index contributed by atoms with van der Waals surface area (Å²) < 4.78 is 24.0. The summed E-state index contributed by atoms with van der Waals surface area (Å²) >= 11 is 1.45. The van der Waals surface area contributed by atoms with E-state index in [4.69, 9.17) is 23.9 Å². The third kappa shape index (κ3) is 4.41. The highest BCUT2D eigenvalue weighted by Crippen LogP contribution is 2.39. The zero-order chi connectivity index (χ0) is 21.4. The first-order valence-corrected chi connectivity index (χ1v) is 10.9. The van der Waals surface area contributed by atoms with Crippen LogP contribution in [0, 0.1) is 0 Å². The Kier molecular flexibility index (Phi) is 6.59. The third-order valence-electron chi connectivity index (χ3n) is 5.09. The standard InChI is InChI=1S/C22H23N3O5S.ClH/c1-24(2)7-8-25(21(26)19-13-29-15-5-3-4-6-16(15)30-19)22-23-14-11-17-18(12-20(14)31-22)28-10-9-27-17;/h3-6,11-12,19H,7-10,13H2,1-2H3;1H. The van der Waals surface area contributed by atoms with E-state index in [2.05, 4.69) is 0 Å². The van der Waals surface area contributed by atoms with Crippen LogP contribution in [-0.4, -0.2) is 68.9 Å². The van der Waals surface area contributed by atoms with Gasteiger partial charge in [-0.05, 0) is 26.2 Å². The van der Waals surface area contributed by atoms with Crippen molar-refractivity contribution in [2.75, 3.05) is 51.9 Å². The molecule has 0 saturated carbocycles. The van der Waals surface area contributed by atoms with Crippen molar-refractivity contribution in [2.24, 2.45) is 0 Å². The Morgan fingerprint density at radius 3 is 2.50 bits per heavy atom. The topological polar surface area (TPSA) is 73.4 Å². The second-order valence-electron chi connectivity index (χ2n) is 7.62. The fourth-order valence-corrected chi connectivity index (χ4v) is 4.49. The Bertz CT molecular complexity index is 1080. The summed E-state index contributed by atoms with van der Waals surface area (Å²) in [5.74, 6) is 2.44. The first kappa shape index (κ1) is 22.4. The number of fused-ring (bicyclic) bond motifs is 3. The smallest absolute Gasteiger partial charge is 0.273 e. The lowest BCUT2D eigenvalue weighted by atomic mass is 10.2. The fraction of sp³-hybridized carbons (Fsp3) is 0.364. The average molecular weight is 478 g/mol. The number of para-hydroxylation sites is 2. The number of nitrogens with zero attached hydrogens (tertiary/aromatic N) is 3. The molecule has 3 heterocycles. The molecule has 10 heteroatoms. The number of rotatable bonds is 5. The minimum Gasteiger partial charge on any atom is -0.486 e. The number of thiazole rings is 1. The van der Waals surface area contributed by atoms with Gasteiger partial charge in [-0.25, -0.2) is 4.98 Å². The van der Waals surface area contributed by atoms with Gasteiger partial charge < -0.3 is 23.8 Å². The van der Waals surface area contributed by atoms with E-state index < -0.39 is 6.10 Å². The van der Waals surface area contributed by atoms with Gasteiger partial charge in [-0.1, -0.05) is 23.5 Å². The molecule has 2 aliphatic heterocycles. The van der Waals surface area contributed by atoms with Crippen molar-refractivity contribution in [1.29, 1.82) is 0 Å². The number of anilines is 1. The van der Waals surface area contributed by atoms with Gasteiger partial charge in [0.15, 0.2) is 28.1 Å². The van der Waals surface area contributed by atoms with Crippen LogP contribution < -0.4 is 23.8 Å². The fourth-order valence-electron chi connectivity index (χ4n) is 3.48. The summed E-state index contributed by atoms with van der Waals surface area (Å²) in [6, 6.07) is 11.2. The van der Waals surface area contributed by atoms with Crippen molar-refractivity contribution in [3.63, 3.8) is 0 Å². The highest BCUT2D eigenvalue weighted by Gasteiger charge is 2.33. The lowest BCUT2D eigenvalue weighted by molar-refractivity contribution is -0.127. The molecular formula is C22H24ClN3O5S. The average Bonchev–Trinajstić information content (AvgIpc) is 3.19. The zero-order valence-electron chi connectivity index (χ0n) is 17.8. The molecule has 3 aromatic rings. The highest BCUT2D eigenvalue weighted by atomic mass is 35.5. The first-order valence-electron chi connectivity index (χ1n) is 10.1. The second-order valence-corrected chi connectivity index (χ2v) is 8.63. The summed E-state index contributed by atoms with van der Waals surface area (Å²) in [7, 11) is 3.94. The molecule has 0 fully saturated rings. The van der Waals surface area contributed by atoms with Crippen molar-refractivity contribution < 1.29 is 23.7 Å². The molecule has 0 N–H and O–H groups in total. The molecule has 2 aromatic carbocycles. The molecule has 1 atom stereocenters. The van der Waals surface area contributed by atoms with Crippen LogP contribution in [0.1, 0.15) is 0 Å². The van der Waals surface area contributed by atoms with E-state index in [0.29, 0.717) is 54.4 Å². The van der Waals surface area contributed by atoms with E-state index in [-0.39, 0.29) is 24.9 Å². The number of carbonyl (C=O) groups is 1. The Hall–Kier alpha value is -2.75. The van der Waals surface area contributed by atoms with Crippen LogP contribution in [0.15, 0.2) is 36.4 Å². The molecule has 1 unspecified atom stereocenters. The first-order chi connectivity index (χ1) is 15.1. The normalized spacial score (nSPS) is 16.5. The summed E-state index contributed by atoms with van der Waals surface area (Å²) in [5.41, 5.74) is 0.776. The predicted octanol–water partition coefficient (Wildman–Crippen LogP) is 3.22. The van der Waals surface area contributed by atoms with Gasteiger partial charge in [-0.3, -0.25) is 9.69 Å². The minimum atomic E-state index is -0.732. The number of amides is 1. The van der Waals surface area contributed by atoms with E-state index in [1.54, 1.807) is 11.0 Å². The molecule has 0 spiro atoms. The van der Waals surface area contributed by atoms with Gasteiger partial charge in [0.05, 0.1) is 10.2 Å². The SMILES string of the molecule is CN(C)CCN(C(=O)C1COc2ccccc2O1)c1nc2cc3c(cc2s1)OCCO3.Cl. The number of carbonyl (C=O) groups excluding carboxylic acids is 1. The number of aromatic nitrogens is 1. The molecular weight excluding hydrogens is 454 g/mol. The van der Waals surface area contributed by atoms with Crippen LogP contribution in [0.2, 0.25) is 0 Å². The van der Waals surface area contributed by atoms with Gasteiger partial charge in [0.1, 0.15) is 19.8 Å². The van der Waals surface area contributed by atoms with Crippen molar-refractivity contribution >= 4 is 45.0 Å². The van der Waals surface area contributed by atoms with Gasteiger partial charge in [0, 0.05) is 25.2 Å². The van der Waals surface area contributed by atoms with Crippen LogP contribution in [0.4, 0.5) is 5.13 Å². The molecule has 170 valence electrons. The molecule has 2 aliphatic rings. The highest BCUT2D eigenvalue weighted by molar-refractivity contribution is 7.22. The van der Waals surface area contributed by atoms with Gasteiger partial charge in [-0.15, -0.1) is 12.4 Å². The van der Waals surface area contributed by atoms with Crippen molar-refractivity contribution in [3.8, 4) is 23.0 Å². The quantitative estimate of drug-likeness (QED) is 0.558. The maximum atomic E-state index is 13.5. The van der Waals surface area contributed by atoms with E-state index in [1.165, 1.54) is 11.3 Å². The molecule has 0 saturated heterocycles. The summed E-state index contributed by atoms with van der Waals surface area (Å²) in [4.78, 5) is 21.9. The number of halogens is 1. The number of likely N-dealkylation sites (N-methyl/N-ethyl adjacent to an activating group) is 1. The Labute approximate surface area is 196 Å². The van der Waals surface area contributed by atoms with Crippen LogP contribution in [0.5, 0.6) is 23.0 Å². The van der Waals surface area contributed by atoms with Crippen LogP contribution >= 0.6 is 23.7 Å². The molecule has 5 rings (SSSR count). The molecule has 1 amide bonds. The van der Waals surface area contributed by atoms with Crippen LogP contribution in [-0.2, 0) is 4.79 Å².